The lowest BCUT2D eigenvalue weighted by atomic mass is 10.3. The van der Waals surface area contributed by atoms with E-state index in [1.807, 2.05) is 29.7 Å². The number of hydrogen-bond donors (Lipinski definition) is 1. The van der Waals surface area contributed by atoms with Crippen LogP contribution in [0.5, 0.6) is 11.5 Å². The van der Waals surface area contributed by atoms with E-state index in [9.17, 15) is 4.79 Å². The van der Waals surface area contributed by atoms with Crippen LogP contribution in [0.3, 0.4) is 0 Å². The van der Waals surface area contributed by atoms with Crippen LogP contribution in [0.2, 0.25) is 0 Å². The van der Waals surface area contributed by atoms with Gasteiger partial charge in [0.1, 0.15) is 5.82 Å². The number of carbonyl (C=O) groups is 1. The van der Waals surface area contributed by atoms with Crippen molar-refractivity contribution >= 4 is 56.7 Å². The SMILES string of the molecule is CCn1c(CSc2nc3ccccc3s2)nnc1SCC(=O)Nc1ccc2c(c1)OCO2. The minimum Gasteiger partial charge on any atom is -0.454 e. The van der Waals surface area contributed by atoms with Crippen LogP contribution in [0.15, 0.2) is 52.0 Å². The highest BCUT2D eigenvalue weighted by Crippen LogP contribution is 2.34. The van der Waals surface area contributed by atoms with Gasteiger partial charge in [0.15, 0.2) is 21.0 Å². The number of carbonyl (C=O) groups excluding carboxylic acids is 1. The van der Waals surface area contributed by atoms with Gasteiger partial charge in [0.2, 0.25) is 12.7 Å². The zero-order valence-corrected chi connectivity index (χ0v) is 19.6. The number of para-hydroxylation sites is 1. The molecule has 3 heterocycles. The first-order valence-corrected chi connectivity index (χ1v) is 12.7. The van der Waals surface area contributed by atoms with Gasteiger partial charge < -0.3 is 19.4 Å². The molecule has 1 N–H and O–H groups in total. The molecule has 32 heavy (non-hydrogen) atoms. The summed E-state index contributed by atoms with van der Waals surface area (Å²) in [6.07, 6.45) is 0. The van der Waals surface area contributed by atoms with Crippen LogP contribution in [0, 0.1) is 0 Å². The lowest BCUT2D eigenvalue weighted by Crippen LogP contribution is -2.14. The zero-order valence-electron chi connectivity index (χ0n) is 17.1. The largest absolute Gasteiger partial charge is 0.454 e. The van der Waals surface area contributed by atoms with E-state index in [4.69, 9.17) is 9.47 Å². The van der Waals surface area contributed by atoms with Crippen molar-refractivity contribution in [2.45, 2.75) is 28.7 Å². The lowest BCUT2D eigenvalue weighted by Gasteiger charge is -2.08. The van der Waals surface area contributed by atoms with Crippen LogP contribution in [-0.2, 0) is 17.1 Å². The molecule has 0 radical (unpaired) electrons. The van der Waals surface area contributed by atoms with Crippen molar-refractivity contribution in [1.29, 1.82) is 0 Å². The Bertz CT molecular complexity index is 1240. The van der Waals surface area contributed by atoms with E-state index in [-0.39, 0.29) is 18.5 Å². The molecule has 1 aliphatic rings. The molecule has 164 valence electrons. The number of anilines is 1. The van der Waals surface area contributed by atoms with Gasteiger partial charge in [0.05, 0.1) is 21.7 Å². The average Bonchev–Trinajstić information content (AvgIpc) is 3.53. The van der Waals surface area contributed by atoms with E-state index in [1.165, 1.54) is 16.5 Å². The minimum absolute atomic E-state index is 0.120. The van der Waals surface area contributed by atoms with Crippen molar-refractivity contribution in [3.63, 3.8) is 0 Å². The third kappa shape index (κ3) is 4.54. The van der Waals surface area contributed by atoms with Crippen molar-refractivity contribution in [2.24, 2.45) is 0 Å². The Labute approximate surface area is 196 Å². The fraction of sp³-hybridized carbons (Fsp3) is 0.238. The van der Waals surface area contributed by atoms with Crippen LogP contribution in [-0.4, -0.2) is 38.2 Å². The fourth-order valence-corrected chi connectivity index (χ4v) is 6.02. The number of fused-ring (bicyclic) bond motifs is 2. The molecule has 0 bridgehead atoms. The maximum absolute atomic E-state index is 12.4. The van der Waals surface area contributed by atoms with E-state index in [1.54, 1.807) is 41.3 Å². The Balaban J connectivity index is 1.18. The number of aromatic nitrogens is 4. The number of thioether (sulfide) groups is 2. The summed E-state index contributed by atoms with van der Waals surface area (Å²) < 4.78 is 14.9. The van der Waals surface area contributed by atoms with Crippen LogP contribution in [0.4, 0.5) is 5.69 Å². The Kier molecular flexibility index (Phi) is 6.19. The predicted molar refractivity (Wildman–Crippen MR) is 127 cm³/mol. The second-order valence-corrected chi connectivity index (χ2v) is 9.98. The number of ether oxygens (including phenoxy) is 2. The van der Waals surface area contributed by atoms with Gasteiger partial charge in [0, 0.05) is 18.3 Å². The molecular weight excluding hydrogens is 466 g/mol. The number of benzene rings is 2. The molecule has 0 atom stereocenters. The van der Waals surface area contributed by atoms with E-state index in [2.05, 4.69) is 26.6 Å². The number of nitrogens with zero attached hydrogens (tertiary/aromatic N) is 4. The number of thiazole rings is 1. The van der Waals surface area contributed by atoms with Gasteiger partial charge in [-0.1, -0.05) is 35.7 Å². The molecule has 0 saturated carbocycles. The molecule has 5 rings (SSSR count). The summed E-state index contributed by atoms with van der Waals surface area (Å²) >= 11 is 4.70. The Morgan fingerprint density at radius 2 is 2.03 bits per heavy atom. The highest BCUT2D eigenvalue weighted by molar-refractivity contribution is 8.00. The van der Waals surface area contributed by atoms with E-state index in [0.717, 1.165) is 27.4 Å². The molecular formula is C21H19N5O3S3. The molecule has 4 aromatic rings. The molecule has 0 spiro atoms. The van der Waals surface area contributed by atoms with Gasteiger partial charge in [-0.05, 0) is 31.2 Å². The van der Waals surface area contributed by atoms with Gasteiger partial charge in [-0.25, -0.2) is 4.98 Å². The summed E-state index contributed by atoms with van der Waals surface area (Å²) in [6, 6.07) is 13.5. The summed E-state index contributed by atoms with van der Waals surface area (Å²) in [5.41, 5.74) is 1.69. The first-order valence-electron chi connectivity index (χ1n) is 9.92. The van der Waals surface area contributed by atoms with Gasteiger partial charge >= 0.3 is 0 Å². The topological polar surface area (TPSA) is 91.2 Å². The molecule has 0 fully saturated rings. The normalized spacial score (nSPS) is 12.4. The van der Waals surface area contributed by atoms with Gasteiger partial charge in [0.25, 0.3) is 0 Å². The van der Waals surface area contributed by atoms with Gasteiger partial charge in [-0.15, -0.1) is 21.5 Å². The van der Waals surface area contributed by atoms with Gasteiger partial charge in [-0.3, -0.25) is 4.79 Å². The lowest BCUT2D eigenvalue weighted by molar-refractivity contribution is -0.113. The molecule has 11 heteroatoms. The Morgan fingerprint density at radius 1 is 1.16 bits per heavy atom. The second kappa shape index (κ2) is 9.39. The van der Waals surface area contributed by atoms with Crippen molar-refractivity contribution in [3.8, 4) is 11.5 Å². The van der Waals surface area contributed by atoms with Gasteiger partial charge in [-0.2, -0.15) is 0 Å². The highest BCUT2D eigenvalue weighted by Gasteiger charge is 2.16. The second-order valence-electron chi connectivity index (χ2n) is 6.78. The molecule has 0 aliphatic carbocycles. The van der Waals surface area contributed by atoms with E-state index < -0.39 is 0 Å². The Hall–Kier alpha value is -2.76. The number of hydrogen-bond acceptors (Lipinski definition) is 9. The summed E-state index contributed by atoms with van der Waals surface area (Å²) in [6.45, 7) is 2.98. The zero-order chi connectivity index (χ0) is 21.9. The van der Waals surface area contributed by atoms with Crippen molar-refractivity contribution in [3.05, 3.63) is 48.3 Å². The summed E-state index contributed by atoms with van der Waals surface area (Å²) in [5.74, 6) is 2.98. The van der Waals surface area contributed by atoms with Crippen LogP contribution in [0.1, 0.15) is 12.7 Å². The monoisotopic (exact) mass is 485 g/mol. The van der Waals surface area contributed by atoms with Crippen molar-refractivity contribution in [2.75, 3.05) is 17.9 Å². The number of nitrogens with one attached hydrogen (secondary N) is 1. The molecule has 1 aliphatic heterocycles. The van der Waals surface area contributed by atoms with Crippen LogP contribution >= 0.6 is 34.9 Å². The quantitative estimate of drug-likeness (QED) is 0.360. The minimum atomic E-state index is -0.120. The Morgan fingerprint density at radius 3 is 2.91 bits per heavy atom. The molecule has 8 nitrogen and oxygen atoms in total. The third-order valence-electron chi connectivity index (χ3n) is 4.70. The maximum Gasteiger partial charge on any atom is 0.234 e. The fourth-order valence-electron chi connectivity index (χ4n) is 3.19. The van der Waals surface area contributed by atoms with Crippen LogP contribution < -0.4 is 14.8 Å². The summed E-state index contributed by atoms with van der Waals surface area (Å²) in [5, 5.41) is 12.3. The molecule has 2 aromatic carbocycles. The highest BCUT2D eigenvalue weighted by atomic mass is 32.2. The maximum atomic E-state index is 12.4. The first kappa shape index (κ1) is 21.1. The molecule has 2 aromatic heterocycles. The van der Waals surface area contributed by atoms with E-state index >= 15 is 0 Å². The summed E-state index contributed by atoms with van der Waals surface area (Å²) in [4.78, 5) is 17.1. The standard InChI is InChI=1S/C21H19N5O3S3/c1-2-26-18(10-31-21-23-14-5-3-4-6-17(14)32-21)24-25-20(26)30-11-19(27)22-13-7-8-15-16(9-13)29-12-28-15/h3-9H,2,10-12H2,1H3,(H,22,27). The number of rotatable bonds is 8. The first-order chi connectivity index (χ1) is 15.7. The van der Waals surface area contributed by atoms with Crippen molar-refractivity contribution < 1.29 is 14.3 Å². The molecule has 1 amide bonds. The van der Waals surface area contributed by atoms with Crippen LogP contribution in [0.25, 0.3) is 10.2 Å². The summed E-state index contributed by atoms with van der Waals surface area (Å²) in [7, 11) is 0. The number of amides is 1. The van der Waals surface area contributed by atoms with Crippen molar-refractivity contribution in [1.82, 2.24) is 19.7 Å². The predicted octanol–water partition coefficient (Wildman–Crippen LogP) is 4.66. The van der Waals surface area contributed by atoms with E-state index in [0.29, 0.717) is 22.9 Å². The molecule has 0 unspecified atom stereocenters. The third-order valence-corrected chi connectivity index (χ3v) is 7.84. The molecule has 0 saturated heterocycles. The smallest absolute Gasteiger partial charge is 0.234 e. The average molecular weight is 486 g/mol.